The highest BCUT2D eigenvalue weighted by Gasteiger charge is 2.16. The number of benzene rings is 1. The molecule has 0 radical (unpaired) electrons. The summed E-state index contributed by atoms with van der Waals surface area (Å²) in [6.45, 7) is -0.589. The number of nitrogens with one attached hydrogen (secondary N) is 2. The van der Waals surface area contributed by atoms with Crippen LogP contribution < -0.4 is 16.6 Å². The van der Waals surface area contributed by atoms with Crippen LogP contribution >= 0.6 is 23.2 Å². The summed E-state index contributed by atoms with van der Waals surface area (Å²) in [5.74, 6) is -1.86. The van der Waals surface area contributed by atoms with Gasteiger partial charge in [-0.15, -0.1) is 0 Å². The molecule has 28 heavy (non-hydrogen) atoms. The van der Waals surface area contributed by atoms with Gasteiger partial charge < -0.3 is 5.32 Å². The molecule has 2 heterocycles. The Hall–Kier alpha value is -3.42. The molecule has 0 aliphatic rings. The summed E-state index contributed by atoms with van der Waals surface area (Å²) in [4.78, 5) is 36.8. The molecule has 2 aromatic heterocycles. The Morgan fingerprint density at radius 2 is 2.07 bits per heavy atom. The number of carbonyl (C=O) groups is 1. The first-order chi connectivity index (χ1) is 13.3. The predicted octanol–water partition coefficient (Wildman–Crippen LogP) is 1.68. The van der Waals surface area contributed by atoms with Crippen molar-refractivity contribution in [3.8, 4) is 11.8 Å². The minimum Gasteiger partial charge on any atom is -0.309 e. The van der Waals surface area contributed by atoms with E-state index in [1.54, 1.807) is 11.1 Å². The van der Waals surface area contributed by atoms with Crippen molar-refractivity contribution in [2.45, 2.75) is 6.54 Å². The molecule has 3 aromatic rings. The molecule has 3 rings (SSSR count). The number of hydrogen-bond acceptors (Lipinski definition) is 5. The van der Waals surface area contributed by atoms with E-state index < -0.39 is 29.5 Å². The summed E-state index contributed by atoms with van der Waals surface area (Å²) >= 11 is 12.0. The average Bonchev–Trinajstić information content (AvgIpc) is 3.02. The Morgan fingerprint density at radius 3 is 2.75 bits per heavy atom. The fraction of sp³-hybridized carbons (Fsp3) is 0.0625. The monoisotopic (exact) mass is 422 g/mol. The van der Waals surface area contributed by atoms with E-state index in [1.807, 2.05) is 6.07 Å². The fourth-order valence-electron chi connectivity index (χ4n) is 2.30. The third-order valence-corrected chi connectivity index (χ3v) is 4.05. The second-order valence-corrected chi connectivity index (χ2v) is 6.29. The van der Waals surface area contributed by atoms with Gasteiger partial charge in [-0.05, 0) is 18.2 Å². The maximum Gasteiger partial charge on any atom is 0.328 e. The fourth-order valence-corrected chi connectivity index (χ4v) is 2.79. The van der Waals surface area contributed by atoms with Crippen LogP contribution in [0.4, 0.5) is 10.2 Å². The summed E-state index contributed by atoms with van der Waals surface area (Å²) in [7, 11) is 0. The van der Waals surface area contributed by atoms with Crippen molar-refractivity contribution < 1.29 is 9.18 Å². The summed E-state index contributed by atoms with van der Waals surface area (Å²) in [6, 6.07) is 7.67. The largest absolute Gasteiger partial charge is 0.328 e. The Balaban J connectivity index is 1.92. The van der Waals surface area contributed by atoms with Gasteiger partial charge in [-0.25, -0.2) is 9.48 Å². The third-order valence-electron chi connectivity index (χ3n) is 3.51. The molecule has 0 aliphatic carbocycles. The summed E-state index contributed by atoms with van der Waals surface area (Å²) in [6.07, 6.45) is 0.620. The lowest BCUT2D eigenvalue weighted by Gasteiger charge is -2.11. The number of rotatable bonds is 4. The van der Waals surface area contributed by atoms with Crippen molar-refractivity contribution in [2.75, 3.05) is 5.32 Å². The zero-order valence-corrected chi connectivity index (χ0v) is 15.3. The van der Waals surface area contributed by atoms with Crippen LogP contribution in [-0.2, 0) is 11.3 Å². The van der Waals surface area contributed by atoms with Crippen molar-refractivity contribution in [2.24, 2.45) is 0 Å². The van der Waals surface area contributed by atoms with Gasteiger partial charge in [0.1, 0.15) is 18.4 Å². The average molecular weight is 423 g/mol. The molecule has 142 valence electrons. The van der Waals surface area contributed by atoms with Crippen molar-refractivity contribution in [1.29, 1.82) is 5.26 Å². The van der Waals surface area contributed by atoms with Crippen molar-refractivity contribution in [3.63, 3.8) is 0 Å². The molecule has 0 bridgehead atoms. The molecule has 0 saturated heterocycles. The van der Waals surface area contributed by atoms with Crippen LogP contribution in [0.2, 0.25) is 10.0 Å². The van der Waals surface area contributed by atoms with Crippen molar-refractivity contribution in [3.05, 3.63) is 72.9 Å². The first-order valence-electron chi connectivity index (χ1n) is 7.53. The van der Waals surface area contributed by atoms with Gasteiger partial charge in [0, 0.05) is 11.1 Å². The zero-order chi connectivity index (χ0) is 20.4. The van der Waals surface area contributed by atoms with Gasteiger partial charge in [-0.1, -0.05) is 23.2 Å². The Labute approximate surface area is 165 Å². The highest BCUT2D eigenvalue weighted by molar-refractivity contribution is 6.35. The van der Waals surface area contributed by atoms with Gasteiger partial charge in [0.2, 0.25) is 11.7 Å². The van der Waals surface area contributed by atoms with Crippen LogP contribution in [0, 0.1) is 17.1 Å². The summed E-state index contributed by atoms with van der Waals surface area (Å²) in [5, 5.41) is 16.2. The number of amides is 1. The maximum absolute atomic E-state index is 13.3. The van der Waals surface area contributed by atoms with E-state index in [1.165, 1.54) is 22.9 Å². The molecule has 0 aliphatic heterocycles. The topological polar surface area (TPSA) is 126 Å². The molecular formula is C16H9Cl2FN6O3. The molecule has 1 amide bonds. The van der Waals surface area contributed by atoms with E-state index >= 15 is 0 Å². The quantitative estimate of drug-likeness (QED) is 0.661. The smallest absolute Gasteiger partial charge is 0.309 e. The van der Waals surface area contributed by atoms with Gasteiger partial charge in [0.15, 0.2) is 5.69 Å². The zero-order valence-electron chi connectivity index (χ0n) is 13.7. The van der Waals surface area contributed by atoms with E-state index in [0.29, 0.717) is 21.5 Å². The van der Waals surface area contributed by atoms with Crippen LogP contribution in [0.25, 0.3) is 5.69 Å². The van der Waals surface area contributed by atoms with E-state index in [2.05, 4.69) is 10.4 Å². The number of anilines is 1. The van der Waals surface area contributed by atoms with Gasteiger partial charge in [-0.2, -0.15) is 14.8 Å². The number of nitriles is 1. The predicted molar refractivity (Wildman–Crippen MR) is 98.2 cm³/mol. The number of nitrogens with zero attached hydrogens (tertiary/aromatic N) is 4. The molecule has 2 N–H and O–H groups in total. The van der Waals surface area contributed by atoms with Crippen LogP contribution in [0.3, 0.4) is 0 Å². The SMILES string of the molecule is N#Cc1cc(NC(=O)Cn2cc(F)c(=O)[nH]c2=O)n(-c2ccc(Cl)cc2Cl)n1. The van der Waals surface area contributed by atoms with Crippen LogP contribution in [-0.4, -0.2) is 25.2 Å². The summed E-state index contributed by atoms with van der Waals surface area (Å²) < 4.78 is 15.2. The van der Waals surface area contributed by atoms with Crippen LogP contribution in [0.15, 0.2) is 40.1 Å². The van der Waals surface area contributed by atoms with Crippen LogP contribution in [0.5, 0.6) is 0 Å². The maximum atomic E-state index is 13.3. The highest BCUT2D eigenvalue weighted by Crippen LogP contribution is 2.27. The molecule has 0 spiro atoms. The first kappa shape index (κ1) is 19.3. The molecule has 1 aromatic carbocycles. The van der Waals surface area contributed by atoms with E-state index in [-0.39, 0.29) is 16.5 Å². The minimum absolute atomic E-state index is 0.00595. The van der Waals surface area contributed by atoms with Gasteiger partial charge >= 0.3 is 5.69 Å². The molecule has 0 unspecified atom stereocenters. The van der Waals surface area contributed by atoms with Gasteiger partial charge in [0.25, 0.3) is 5.56 Å². The molecular weight excluding hydrogens is 414 g/mol. The van der Waals surface area contributed by atoms with E-state index in [4.69, 9.17) is 28.5 Å². The highest BCUT2D eigenvalue weighted by atomic mass is 35.5. The lowest BCUT2D eigenvalue weighted by atomic mass is 10.3. The van der Waals surface area contributed by atoms with Gasteiger partial charge in [0.05, 0.1) is 16.9 Å². The Bertz CT molecular complexity index is 1240. The minimum atomic E-state index is -1.21. The van der Waals surface area contributed by atoms with Crippen molar-refractivity contribution in [1.82, 2.24) is 19.3 Å². The standard InChI is InChI=1S/C16H9Cl2FN6O3/c17-8-1-2-12(10(18)3-8)25-13(4-9(5-20)23-25)21-14(26)7-24-6-11(19)15(27)22-16(24)28/h1-4,6H,7H2,(H,21,26)(H,22,27,28). The lowest BCUT2D eigenvalue weighted by Crippen LogP contribution is -2.34. The number of hydrogen-bond donors (Lipinski definition) is 2. The number of aromatic amines is 1. The van der Waals surface area contributed by atoms with Crippen molar-refractivity contribution >= 4 is 34.9 Å². The number of carbonyl (C=O) groups excluding carboxylic acids is 1. The molecule has 9 nitrogen and oxygen atoms in total. The van der Waals surface area contributed by atoms with Gasteiger partial charge in [-0.3, -0.25) is 19.1 Å². The molecule has 0 atom stereocenters. The second-order valence-electron chi connectivity index (χ2n) is 5.45. The lowest BCUT2D eigenvalue weighted by molar-refractivity contribution is -0.116. The molecule has 12 heteroatoms. The summed E-state index contributed by atoms with van der Waals surface area (Å²) in [5.41, 5.74) is -1.80. The second kappa shape index (κ2) is 7.67. The molecule has 0 saturated carbocycles. The molecule has 0 fully saturated rings. The Kier molecular flexibility index (Phi) is 5.30. The normalized spacial score (nSPS) is 10.5. The van der Waals surface area contributed by atoms with E-state index in [9.17, 15) is 18.8 Å². The van der Waals surface area contributed by atoms with Crippen LogP contribution in [0.1, 0.15) is 5.69 Å². The third kappa shape index (κ3) is 3.95. The van der Waals surface area contributed by atoms with E-state index in [0.717, 1.165) is 0 Å². The number of H-pyrrole nitrogens is 1. The number of halogens is 3. The Morgan fingerprint density at radius 1 is 1.32 bits per heavy atom. The first-order valence-corrected chi connectivity index (χ1v) is 8.29. The number of aromatic nitrogens is 4.